The Hall–Kier alpha value is -2.31. The van der Waals surface area contributed by atoms with E-state index >= 15 is 0 Å². The number of amides is 2. The number of rotatable bonds is 7. The van der Waals surface area contributed by atoms with Gasteiger partial charge >= 0.3 is 0 Å². The van der Waals surface area contributed by atoms with Gasteiger partial charge in [-0.1, -0.05) is 24.3 Å². The molecule has 0 bridgehead atoms. The van der Waals surface area contributed by atoms with Crippen molar-refractivity contribution in [2.24, 2.45) is 5.92 Å². The molecule has 1 aliphatic heterocycles. The van der Waals surface area contributed by atoms with Gasteiger partial charge in [0.15, 0.2) is 0 Å². The number of hydrogen-bond acceptors (Lipinski definition) is 4. The molecule has 0 aliphatic carbocycles. The summed E-state index contributed by atoms with van der Waals surface area (Å²) < 4.78 is 5.14. The maximum atomic E-state index is 12.5. The van der Waals surface area contributed by atoms with E-state index in [2.05, 4.69) is 5.32 Å². The van der Waals surface area contributed by atoms with E-state index in [1.807, 2.05) is 54.8 Å². The largest absolute Gasteiger partial charge is 0.380 e. The summed E-state index contributed by atoms with van der Waals surface area (Å²) in [6.45, 7) is 1.42. The normalized spacial score (nSPS) is 16.6. The molecule has 1 atom stereocenters. The summed E-state index contributed by atoms with van der Waals surface area (Å²) in [5.74, 6) is -0.405. The highest BCUT2D eigenvalue weighted by Crippen LogP contribution is 2.27. The van der Waals surface area contributed by atoms with Crippen molar-refractivity contribution in [2.45, 2.75) is 24.5 Å². The monoisotopic (exact) mass is 384 g/mol. The summed E-state index contributed by atoms with van der Waals surface area (Å²) >= 11 is 1.66. The zero-order chi connectivity index (χ0) is 19.2. The topological polar surface area (TPSA) is 58.6 Å². The first-order valence-corrected chi connectivity index (χ1v) is 10.1. The Kier molecular flexibility index (Phi) is 6.53. The molecular formula is C21H24N2O3S. The summed E-state index contributed by atoms with van der Waals surface area (Å²) in [5.41, 5.74) is 2.94. The van der Waals surface area contributed by atoms with Crippen molar-refractivity contribution >= 4 is 29.3 Å². The molecule has 0 radical (unpaired) electrons. The summed E-state index contributed by atoms with van der Waals surface area (Å²) in [5, 5.41) is 2.96. The minimum absolute atomic E-state index is 0.00542. The van der Waals surface area contributed by atoms with Crippen LogP contribution in [0.5, 0.6) is 0 Å². The molecule has 6 heteroatoms. The molecule has 1 aliphatic rings. The molecule has 27 heavy (non-hydrogen) atoms. The highest BCUT2D eigenvalue weighted by molar-refractivity contribution is 7.98. The lowest BCUT2D eigenvalue weighted by Gasteiger charge is -2.17. The average molecular weight is 385 g/mol. The number of ether oxygens (including phenoxy) is 1. The number of benzene rings is 2. The fraction of sp³-hybridized carbons (Fsp3) is 0.333. The molecule has 3 rings (SSSR count). The van der Waals surface area contributed by atoms with Crippen molar-refractivity contribution in [2.75, 3.05) is 24.8 Å². The predicted molar refractivity (Wildman–Crippen MR) is 108 cm³/mol. The fourth-order valence-corrected chi connectivity index (χ4v) is 3.63. The molecule has 0 spiro atoms. The second-order valence-electron chi connectivity index (χ2n) is 6.57. The number of nitrogens with zero attached hydrogens (tertiary/aromatic N) is 1. The third-order valence-electron chi connectivity index (χ3n) is 4.65. The van der Waals surface area contributed by atoms with E-state index in [0.717, 1.165) is 21.7 Å². The molecular weight excluding hydrogens is 360 g/mol. The number of thioether (sulfide) groups is 1. The van der Waals surface area contributed by atoms with Crippen molar-refractivity contribution in [3.05, 3.63) is 59.7 Å². The van der Waals surface area contributed by atoms with E-state index in [1.165, 1.54) is 0 Å². The number of methoxy groups -OCH3 is 1. The van der Waals surface area contributed by atoms with E-state index < -0.39 is 0 Å². The van der Waals surface area contributed by atoms with Crippen molar-refractivity contribution in [3.63, 3.8) is 0 Å². The van der Waals surface area contributed by atoms with E-state index in [1.54, 1.807) is 23.8 Å². The summed E-state index contributed by atoms with van der Waals surface area (Å²) in [6.07, 6.45) is 2.27. The van der Waals surface area contributed by atoms with Gasteiger partial charge in [0, 0.05) is 37.2 Å². The molecule has 1 N–H and O–H groups in total. The molecule has 1 saturated heterocycles. The number of anilines is 1. The lowest BCUT2D eigenvalue weighted by Crippen LogP contribution is -2.32. The smallest absolute Gasteiger partial charge is 0.227 e. The lowest BCUT2D eigenvalue weighted by atomic mass is 10.1. The molecule has 1 fully saturated rings. The summed E-state index contributed by atoms with van der Waals surface area (Å²) in [7, 11) is 1.66. The van der Waals surface area contributed by atoms with Gasteiger partial charge in [-0.15, -0.1) is 11.8 Å². The minimum atomic E-state index is -0.320. The average Bonchev–Trinajstić information content (AvgIpc) is 3.08. The van der Waals surface area contributed by atoms with Gasteiger partial charge in [0.05, 0.1) is 12.5 Å². The minimum Gasteiger partial charge on any atom is -0.380 e. The lowest BCUT2D eigenvalue weighted by molar-refractivity contribution is -0.126. The predicted octanol–water partition coefficient (Wildman–Crippen LogP) is 3.22. The van der Waals surface area contributed by atoms with Crippen molar-refractivity contribution in [1.82, 2.24) is 5.32 Å². The maximum absolute atomic E-state index is 12.5. The van der Waals surface area contributed by atoms with E-state index in [-0.39, 0.29) is 24.2 Å². The van der Waals surface area contributed by atoms with Gasteiger partial charge in [0.25, 0.3) is 0 Å². The van der Waals surface area contributed by atoms with Crippen LogP contribution in [0.15, 0.2) is 53.4 Å². The molecule has 142 valence electrons. The van der Waals surface area contributed by atoms with Crippen LogP contribution in [-0.2, 0) is 27.5 Å². The summed E-state index contributed by atoms with van der Waals surface area (Å²) in [6, 6.07) is 15.8. The zero-order valence-corrected chi connectivity index (χ0v) is 16.4. The number of carbonyl (C=O) groups is 2. The van der Waals surface area contributed by atoms with Crippen LogP contribution in [0.4, 0.5) is 5.69 Å². The van der Waals surface area contributed by atoms with Crippen molar-refractivity contribution in [3.8, 4) is 0 Å². The van der Waals surface area contributed by atoms with Crippen LogP contribution in [0.2, 0.25) is 0 Å². The van der Waals surface area contributed by atoms with E-state index in [9.17, 15) is 9.59 Å². The molecule has 0 saturated carbocycles. The Morgan fingerprint density at radius 2 is 1.96 bits per heavy atom. The fourth-order valence-electron chi connectivity index (χ4n) is 3.22. The third kappa shape index (κ3) is 4.90. The first-order chi connectivity index (χ1) is 13.1. The van der Waals surface area contributed by atoms with E-state index in [0.29, 0.717) is 19.7 Å². The van der Waals surface area contributed by atoms with Gasteiger partial charge in [0.2, 0.25) is 11.8 Å². The van der Waals surface area contributed by atoms with E-state index in [4.69, 9.17) is 4.74 Å². The SMILES string of the molecule is COCc1cccc(CNC(=O)C2CC(=O)N(c3ccc(SC)cc3)C2)c1. The van der Waals surface area contributed by atoms with Gasteiger partial charge < -0.3 is 15.0 Å². The molecule has 2 aromatic carbocycles. The summed E-state index contributed by atoms with van der Waals surface area (Å²) in [4.78, 5) is 27.7. The highest BCUT2D eigenvalue weighted by Gasteiger charge is 2.34. The van der Waals surface area contributed by atoms with Crippen LogP contribution in [0.1, 0.15) is 17.5 Å². The van der Waals surface area contributed by atoms with Crippen LogP contribution in [-0.4, -0.2) is 31.7 Å². The van der Waals surface area contributed by atoms with Gasteiger partial charge in [-0.05, 0) is 41.6 Å². The van der Waals surface area contributed by atoms with Crippen molar-refractivity contribution < 1.29 is 14.3 Å². The second kappa shape index (κ2) is 9.06. The number of hydrogen-bond donors (Lipinski definition) is 1. The Balaban J connectivity index is 1.57. The molecule has 2 aromatic rings. The number of nitrogens with one attached hydrogen (secondary N) is 1. The zero-order valence-electron chi connectivity index (χ0n) is 15.6. The van der Waals surface area contributed by atoms with Crippen LogP contribution in [0.3, 0.4) is 0 Å². The molecule has 5 nitrogen and oxygen atoms in total. The maximum Gasteiger partial charge on any atom is 0.227 e. The Morgan fingerprint density at radius 3 is 2.67 bits per heavy atom. The molecule has 0 aromatic heterocycles. The van der Waals surface area contributed by atoms with Crippen LogP contribution in [0, 0.1) is 5.92 Å². The Labute approximate surface area is 164 Å². The van der Waals surface area contributed by atoms with Crippen LogP contribution < -0.4 is 10.2 Å². The van der Waals surface area contributed by atoms with Gasteiger partial charge in [-0.3, -0.25) is 9.59 Å². The second-order valence-corrected chi connectivity index (χ2v) is 7.45. The quantitative estimate of drug-likeness (QED) is 0.745. The van der Waals surface area contributed by atoms with Gasteiger partial charge in [-0.2, -0.15) is 0 Å². The Morgan fingerprint density at radius 1 is 1.22 bits per heavy atom. The van der Waals surface area contributed by atoms with Crippen LogP contribution >= 0.6 is 11.8 Å². The standard InChI is InChI=1S/C21H24N2O3S/c1-26-14-16-5-3-4-15(10-16)12-22-21(25)17-11-20(24)23(13-17)18-6-8-19(27-2)9-7-18/h3-10,17H,11-14H2,1-2H3,(H,22,25). The molecule has 1 heterocycles. The van der Waals surface area contributed by atoms with Crippen molar-refractivity contribution in [1.29, 1.82) is 0 Å². The molecule has 1 unspecified atom stereocenters. The van der Waals surface area contributed by atoms with Crippen LogP contribution in [0.25, 0.3) is 0 Å². The molecule has 2 amide bonds. The van der Waals surface area contributed by atoms with Gasteiger partial charge in [0.1, 0.15) is 0 Å². The Bertz CT molecular complexity index is 807. The first kappa shape index (κ1) is 19.5. The number of carbonyl (C=O) groups excluding carboxylic acids is 2. The highest BCUT2D eigenvalue weighted by atomic mass is 32.2. The first-order valence-electron chi connectivity index (χ1n) is 8.89. The van der Waals surface area contributed by atoms with Gasteiger partial charge in [-0.25, -0.2) is 0 Å². The third-order valence-corrected chi connectivity index (χ3v) is 5.39.